The third kappa shape index (κ3) is 7.90. The molecule has 0 radical (unpaired) electrons. The Bertz CT molecular complexity index is 516. The number of benzene rings is 1. The molecule has 0 saturated carbocycles. The molecule has 1 aliphatic rings. The molecule has 2 rings (SSSR count). The van der Waals surface area contributed by atoms with Crippen LogP contribution in [0, 0.1) is 11.7 Å². The van der Waals surface area contributed by atoms with Gasteiger partial charge in [-0.05, 0) is 44.3 Å². The maximum atomic E-state index is 13.7. The van der Waals surface area contributed by atoms with Crippen LogP contribution in [0.15, 0.2) is 29.3 Å². The molecule has 0 aromatic heterocycles. The molecule has 2 N–H and O–H groups in total. The van der Waals surface area contributed by atoms with Crippen molar-refractivity contribution >= 4 is 29.9 Å². The van der Waals surface area contributed by atoms with Crippen LogP contribution in [0.25, 0.3) is 0 Å². The minimum atomic E-state index is -0.0942. The van der Waals surface area contributed by atoms with Crippen molar-refractivity contribution in [1.82, 2.24) is 15.5 Å². The van der Waals surface area contributed by atoms with Crippen molar-refractivity contribution in [3.63, 3.8) is 0 Å². The molecule has 1 aliphatic heterocycles. The first-order valence-corrected chi connectivity index (χ1v) is 9.13. The van der Waals surface area contributed by atoms with Crippen LogP contribution in [0.2, 0.25) is 0 Å². The highest BCUT2D eigenvalue weighted by atomic mass is 127. The van der Waals surface area contributed by atoms with Crippen LogP contribution in [0.4, 0.5) is 4.39 Å². The van der Waals surface area contributed by atoms with Gasteiger partial charge in [0.15, 0.2) is 5.96 Å². The maximum absolute atomic E-state index is 13.7. The zero-order valence-corrected chi connectivity index (χ0v) is 17.8. The lowest BCUT2D eigenvalue weighted by Gasteiger charge is -2.32. The number of nitrogens with zero attached hydrogens (tertiary/aromatic N) is 2. The van der Waals surface area contributed by atoms with Gasteiger partial charge < -0.3 is 10.6 Å². The number of hydrogen-bond donors (Lipinski definition) is 2. The molecule has 1 aromatic rings. The van der Waals surface area contributed by atoms with Gasteiger partial charge in [0.2, 0.25) is 0 Å². The molecule has 142 valence electrons. The second-order valence-electron chi connectivity index (χ2n) is 6.54. The van der Waals surface area contributed by atoms with Crippen molar-refractivity contribution in [3.8, 4) is 0 Å². The van der Waals surface area contributed by atoms with Gasteiger partial charge in [0.1, 0.15) is 5.82 Å². The molecular weight excluding hydrogens is 430 g/mol. The standard InChI is InChI=1S/C19H31FN4.HI/c1-3-4-11-22-19(21-2)23-14-16-9-12-24(13-10-16)15-17-7-5-6-8-18(17)20;/h5-8,16H,3-4,9-15H2,1-2H3,(H2,21,22,23);1H. The summed E-state index contributed by atoms with van der Waals surface area (Å²) < 4.78 is 13.7. The number of guanidine groups is 1. The fourth-order valence-electron chi connectivity index (χ4n) is 3.06. The van der Waals surface area contributed by atoms with Crippen LogP contribution in [0.3, 0.4) is 0 Å². The lowest BCUT2D eigenvalue weighted by Crippen LogP contribution is -2.43. The molecule has 0 atom stereocenters. The van der Waals surface area contributed by atoms with E-state index in [1.54, 1.807) is 12.1 Å². The summed E-state index contributed by atoms with van der Waals surface area (Å²) in [5, 5.41) is 6.78. The van der Waals surface area contributed by atoms with E-state index in [0.29, 0.717) is 12.5 Å². The largest absolute Gasteiger partial charge is 0.356 e. The van der Waals surface area contributed by atoms with Crippen LogP contribution in [-0.4, -0.2) is 44.1 Å². The molecule has 25 heavy (non-hydrogen) atoms. The Hall–Kier alpha value is -0.890. The molecular formula is C19H32FIN4. The Morgan fingerprint density at radius 2 is 1.96 bits per heavy atom. The molecule has 0 unspecified atom stereocenters. The minimum absolute atomic E-state index is 0. The minimum Gasteiger partial charge on any atom is -0.356 e. The molecule has 1 fully saturated rings. The molecule has 6 heteroatoms. The van der Waals surface area contributed by atoms with Gasteiger partial charge in [-0.3, -0.25) is 9.89 Å². The Labute approximate surface area is 168 Å². The van der Waals surface area contributed by atoms with Gasteiger partial charge in [0.05, 0.1) is 0 Å². The number of aliphatic imine (C=N–C) groups is 1. The summed E-state index contributed by atoms with van der Waals surface area (Å²) in [5.74, 6) is 1.46. The zero-order chi connectivity index (χ0) is 17.2. The van der Waals surface area contributed by atoms with E-state index in [-0.39, 0.29) is 29.8 Å². The topological polar surface area (TPSA) is 39.7 Å². The number of piperidine rings is 1. The average molecular weight is 462 g/mol. The van der Waals surface area contributed by atoms with Crippen LogP contribution in [-0.2, 0) is 6.54 Å². The Balaban J connectivity index is 0.00000312. The van der Waals surface area contributed by atoms with Crippen LogP contribution in [0.1, 0.15) is 38.2 Å². The van der Waals surface area contributed by atoms with E-state index in [2.05, 4.69) is 27.4 Å². The van der Waals surface area contributed by atoms with Crippen molar-refractivity contribution in [2.45, 2.75) is 39.2 Å². The van der Waals surface area contributed by atoms with Gasteiger partial charge in [-0.1, -0.05) is 31.5 Å². The first-order chi connectivity index (χ1) is 11.7. The highest BCUT2D eigenvalue weighted by Gasteiger charge is 2.20. The summed E-state index contributed by atoms with van der Waals surface area (Å²) in [5.41, 5.74) is 0.801. The quantitative estimate of drug-likeness (QED) is 0.282. The number of nitrogens with one attached hydrogen (secondary N) is 2. The summed E-state index contributed by atoms with van der Waals surface area (Å²) in [6.07, 6.45) is 4.64. The van der Waals surface area contributed by atoms with E-state index in [0.717, 1.165) is 57.0 Å². The van der Waals surface area contributed by atoms with Gasteiger partial charge in [0, 0.05) is 32.2 Å². The van der Waals surface area contributed by atoms with Crippen molar-refractivity contribution in [2.24, 2.45) is 10.9 Å². The highest BCUT2D eigenvalue weighted by Crippen LogP contribution is 2.19. The van der Waals surface area contributed by atoms with Crippen molar-refractivity contribution in [3.05, 3.63) is 35.6 Å². The number of halogens is 2. The normalized spacial score (nSPS) is 16.4. The van der Waals surface area contributed by atoms with Crippen LogP contribution < -0.4 is 10.6 Å². The summed E-state index contributed by atoms with van der Waals surface area (Å²) >= 11 is 0. The van der Waals surface area contributed by atoms with Crippen LogP contribution >= 0.6 is 24.0 Å². The Morgan fingerprint density at radius 3 is 2.60 bits per heavy atom. The Kier molecular flexibility index (Phi) is 11.0. The molecule has 0 amide bonds. The molecule has 0 spiro atoms. The van der Waals surface area contributed by atoms with Crippen molar-refractivity contribution in [1.29, 1.82) is 0 Å². The van der Waals surface area contributed by atoms with E-state index >= 15 is 0 Å². The number of likely N-dealkylation sites (tertiary alicyclic amines) is 1. The van der Waals surface area contributed by atoms with Crippen molar-refractivity contribution < 1.29 is 4.39 Å². The monoisotopic (exact) mass is 462 g/mol. The van der Waals surface area contributed by atoms with Gasteiger partial charge in [0.25, 0.3) is 0 Å². The first-order valence-electron chi connectivity index (χ1n) is 9.13. The molecule has 0 bridgehead atoms. The third-order valence-electron chi connectivity index (χ3n) is 4.66. The molecule has 1 heterocycles. The highest BCUT2D eigenvalue weighted by molar-refractivity contribution is 14.0. The molecule has 1 saturated heterocycles. The van der Waals surface area contributed by atoms with E-state index in [1.165, 1.54) is 6.42 Å². The lowest BCUT2D eigenvalue weighted by atomic mass is 9.96. The molecule has 0 aliphatic carbocycles. The Morgan fingerprint density at radius 1 is 1.24 bits per heavy atom. The van der Waals surface area contributed by atoms with E-state index in [1.807, 2.05) is 19.2 Å². The average Bonchev–Trinajstić information content (AvgIpc) is 2.61. The van der Waals surface area contributed by atoms with Gasteiger partial charge in [-0.2, -0.15) is 0 Å². The third-order valence-corrected chi connectivity index (χ3v) is 4.66. The maximum Gasteiger partial charge on any atom is 0.190 e. The van der Waals surface area contributed by atoms with E-state index in [4.69, 9.17) is 0 Å². The van der Waals surface area contributed by atoms with E-state index in [9.17, 15) is 4.39 Å². The number of hydrogen-bond acceptors (Lipinski definition) is 2. The summed E-state index contributed by atoms with van der Waals surface area (Å²) in [4.78, 5) is 6.62. The smallest absolute Gasteiger partial charge is 0.190 e. The fraction of sp³-hybridized carbons (Fsp3) is 0.632. The van der Waals surface area contributed by atoms with Gasteiger partial charge in [-0.25, -0.2) is 4.39 Å². The summed E-state index contributed by atoms with van der Waals surface area (Å²) in [6.45, 7) is 6.89. The summed E-state index contributed by atoms with van der Waals surface area (Å²) in [6, 6.07) is 7.09. The predicted octanol–water partition coefficient (Wildman–Crippen LogP) is 3.62. The SMILES string of the molecule is CCCCNC(=NC)NCC1CCN(Cc2ccccc2F)CC1.I. The number of unbranched alkanes of at least 4 members (excludes halogenated alkanes) is 1. The fourth-order valence-corrected chi connectivity index (χ4v) is 3.06. The van der Waals surface area contributed by atoms with Gasteiger partial charge in [-0.15, -0.1) is 24.0 Å². The second-order valence-corrected chi connectivity index (χ2v) is 6.54. The van der Waals surface area contributed by atoms with E-state index < -0.39 is 0 Å². The first kappa shape index (κ1) is 22.2. The number of rotatable bonds is 7. The molecule has 4 nitrogen and oxygen atoms in total. The van der Waals surface area contributed by atoms with Gasteiger partial charge >= 0.3 is 0 Å². The van der Waals surface area contributed by atoms with Crippen molar-refractivity contribution in [2.75, 3.05) is 33.2 Å². The lowest BCUT2D eigenvalue weighted by molar-refractivity contribution is 0.176. The zero-order valence-electron chi connectivity index (χ0n) is 15.4. The van der Waals surface area contributed by atoms with Crippen LogP contribution in [0.5, 0.6) is 0 Å². The summed E-state index contributed by atoms with van der Waals surface area (Å²) in [7, 11) is 1.82. The molecule has 1 aromatic carbocycles. The second kappa shape index (κ2) is 12.5. The predicted molar refractivity (Wildman–Crippen MR) is 114 cm³/mol.